The van der Waals surface area contributed by atoms with Gasteiger partial charge in [0.2, 0.25) is 0 Å². The molecule has 0 bridgehead atoms. The molecule has 0 unspecified atom stereocenters. The first-order valence-corrected chi connectivity index (χ1v) is 4.96. The Balaban J connectivity index is 2.24. The number of hydrogen-bond donors (Lipinski definition) is 1. The van der Waals surface area contributed by atoms with Crippen molar-refractivity contribution in [3.8, 4) is 0 Å². The van der Waals surface area contributed by atoms with E-state index in [1.165, 1.54) is 0 Å². The summed E-state index contributed by atoms with van der Waals surface area (Å²) in [5, 5.41) is 0. The quantitative estimate of drug-likeness (QED) is 0.788. The first-order valence-electron chi connectivity index (χ1n) is 4.16. The van der Waals surface area contributed by atoms with E-state index in [-0.39, 0.29) is 0 Å². The van der Waals surface area contributed by atoms with Crippen LogP contribution in [-0.4, -0.2) is 29.1 Å². The average Bonchev–Trinajstić information content (AvgIpc) is 2.04. The zero-order valence-electron chi connectivity index (χ0n) is 7.37. The lowest BCUT2D eigenvalue weighted by Crippen LogP contribution is -2.56. The Kier molecular flexibility index (Phi) is 2.21. The largest absolute Gasteiger partial charge is 0.352 e. The highest BCUT2D eigenvalue weighted by Crippen LogP contribution is 2.26. The van der Waals surface area contributed by atoms with Crippen molar-refractivity contribution in [3.63, 3.8) is 0 Å². The van der Waals surface area contributed by atoms with Gasteiger partial charge in [0.15, 0.2) is 0 Å². The predicted molar refractivity (Wildman–Crippen MR) is 54.7 cm³/mol. The minimum Gasteiger partial charge on any atom is -0.352 e. The lowest BCUT2D eigenvalue weighted by atomic mass is 10.1. The topological polar surface area (TPSA) is 55.0 Å². The zero-order chi connectivity index (χ0) is 9.42. The first-order chi connectivity index (χ1) is 6.16. The summed E-state index contributed by atoms with van der Waals surface area (Å²) in [5.41, 5.74) is 5.69. The molecule has 1 fully saturated rings. The van der Waals surface area contributed by atoms with E-state index in [9.17, 15) is 0 Å². The molecule has 0 aromatic carbocycles. The van der Waals surface area contributed by atoms with E-state index < -0.39 is 0 Å². The molecule has 0 aliphatic carbocycles. The van der Waals surface area contributed by atoms with Crippen molar-refractivity contribution in [2.45, 2.75) is 13.0 Å². The van der Waals surface area contributed by atoms with Crippen molar-refractivity contribution in [2.75, 3.05) is 18.0 Å². The Morgan fingerprint density at radius 1 is 1.62 bits per heavy atom. The fraction of sp³-hybridized carbons (Fsp3) is 0.500. The first kappa shape index (κ1) is 8.90. The number of nitrogens with two attached hydrogens (primary N) is 1. The average molecular weight is 243 g/mol. The zero-order valence-corrected chi connectivity index (χ0v) is 8.95. The molecule has 0 saturated carbocycles. The van der Waals surface area contributed by atoms with Crippen LogP contribution in [-0.2, 0) is 0 Å². The lowest BCUT2D eigenvalue weighted by molar-refractivity contribution is 0.512. The summed E-state index contributed by atoms with van der Waals surface area (Å²) < 4.78 is 0.935. The summed E-state index contributed by atoms with van der Waals surface area (Å²) in [4.78, 5) is 10.6. The van der Waals surface area contributed by atoms with Crippen LogP contribution in [0.2, 0.25) is 0 Å². The maximum absolute atomic E-state index is 5.69. The predicted octanol–water partition coefficient (Wildman–Crippen LogP) is 0.695. The molecule has 2 heterocycles. The molecule has 4 nitrogen and oxygen atoms in total. The van der Waals surface area contributed by atoms with Crippen molar-refractivity contribution in [1.82, 2.24) is 9.97 Å². The summed E-state index contributed by atoms with van der Waals surface area (Å²) in [7, 11) is 0. The third kappa shape index (κ3) is 1.66. The van der Waals surface area contributed by atoms with Crippen LogP contribution in [0.4, 0.5) is 5.82 Å². The van der Waals surface area contributed by atoms with Crippen LogP contribution in [0.25, 0.3) is 0 Å². The summed E-state index contributed by atoms with van der Waals surface area (Å²) in [6.07, 6.45) is 1.78. The molecule has 1 aliphatic rings. The van der Waals surface area contributed by atoms with Crippen molar-refractivity contribution in [3.05, 3.63) is 16.5 Å². The van der Waals surface area contributed by atoms with Gasteiger partial charge in [-0.25, -0.2) is 9.97 Å². The van der Waals surface area contributed by atoms with Crippen molar-refractivity contribution < 1.29 is 0 Å². The van der Waals surface area contributed by atoms with E-state index in [0.29, 0.717) is 6.04 Å². The number of halogens is 1. The monoisotopic (exact) mass is 242 g/mol. The fourth-order valence-corrected chi connectivity index (χ4v) is 1.79. The van der Waals surface area contributed by atoms with E-state index in [1.807, 2.05) is 6.92 Å². The van der Waals surface area contributed by atoms with Crippen molar-refractivity contribution >= 4 is 21.7 Å². The van der Waals surface area contributed by atoms with Gasteiger partial charge in [-0.2, -0.15) is 0 Å². The van der Waals surface area contributed by atoms with Crippen LogP contribution in [0, 0.1) is 6.92 Å². The Morgan fingerprint density at radius 2 is 2.31 bits per heavy atom. The van der Waals surface area contributed by atoms with Gasteiger partial charge in [0.25, 0.3) is 0 Å². The molecule has 0 radical (unpaired) electrons. The van der Waals surface area contributed by atoms with Crippen LogP contribution in [0.1, 0.15) is 5.82 Å². The maximum Gasteiger partial charge on any atom is 0.146 e. The minimum atomic E-state index is 0.294. The number of aryl methyl sites for hydroxylation is 1. The molecule has 0 amide bonds. The Labute approximate surface area is 85.3 Å². The van der Waals surface area contributed by atoms with E-state index in [2.05, 4.69) is 30.8 Å². The molecule has 5 heteroatoms. The van der Waals surface area contributed by atoms with E-state index in [1.54, 1.807) is 6.20 Å². The molecule has 0 spiro atoms. The second-order valence-electron chi connectivity index (χ2n) is 3.25. The number of aromatic nitrogens is 2. The smallest absolute Gasteiger partial charge is 0.146 e. The standard InChI is InChI=1S/C8H11BrN4/c1-5-11-2-7(9)8(12-5)13-3-6(10)4-13/h2,6H,3-4,10H2,1H3. The SMILES string of the molecule is Cc1ncc(Br)c(N2CC(N)C2)n1. The normalized spacial score (nSPS) is 17.3. The lowest BCUT2D eigenvalue weighted by Gasteiger charge is -2.38. The van der Waals surface area contributed by atoms with E-state index in [0.717, 1.165) is 29.2 Å². The molecule has 2 rings (SSSR count). The molecular formula is C8H11BrN4. The Morgan fingerprint density at radius 3 is 2.92 bits per heavy atom. The third-order valence-electron chi connectivity index (χ3n) is 2.06. The van der Waals surface area contributed by atoms with E-state index >= 15 is 0 Å². The molecule has 13 heavy (non-hydrogen) atoms. The second-order valence-corrected chi connectivity index (χ2v) is 4.11. The highest BCUT2D eigenvalue weighted by Gasteiger charge is 2.25. The van der Waals surface area contributed by atoms with Gasteiger partial charge in [0, 0.05) is 25.3 Å². The molecule has 70 valence electrons. The van der Waals surface area contributed by atoms with Gasteiger partial charge >= 0.3 is 0 Å². The molecule has 0 atom stereocenters. The van der Waals surface area contributed by atoms with Crippen molar-refractivity contribution in [1.29, 1.82) is 0 Å². The molecule has 1 aromatic heterocycles. The van der Waals surface area contributed by atoms with E-state index in [4.69, 9.17) is 5.73 Å². The number of hydrogen-bond acceptors (Lipinski definition) is 4. The van der Waals surface area contributed by atoms with Crippen LogP contribution < -0.4 is 10.6 Å². The molecule has 1 aromatic rings. The van der Waals surface area contributed by atoms with Crippen molar-refractivity contribution in [2.24, 2.45) is 5.73 Å². The summed E-state index contributed by atoms with van der Waals surface area (Å²) in [5.74, 6) is 1.74. The minimum absolute atomic E-state index is 0.294. The van der Waals surface area contributed by atoms with Gasteiger partial charge < -0.3 is 10.6 Å². The molecular weight excluding hydrogens is 232 g/mol. The number of nitrogens with zero attached hydrogens (tertiary/aromatic N) is 3. The van der Waals surface area contributed by atoms with Crippen LogP contribution in [0.5, 0.6) is 0 Å². The fourth-order valence-electron chi connectivity index (χ4n) is 1.35. The van der Waals surface area contributed by atoms with Gasteiger partial charge in [-0.05, 0) is 22.9 Å². The summed E-state index contributed by atoms with van der Waals surface area (Å²) >= 11 is 3.42. The van der Waals surface area contributed by atoms with Crippen LogP contribution >= 0.6 is 15.9 Å². The third-order valence-corrected chi connectivity index (χ3v) is 2.61. The van der Waals surface area contributed by atoms with Gasteiger partial charge in [-0.3, -0.25) is 0 Å². The second kappa shape index (κ2) is 3.23. The molecule has 2 N–H and O–H groups in total. The van der Waals surface area contributed by atoms with Gasteiger partial charge in [-0.15, -0.1) is 0 Å². The summed E-state index contributed by atoms with van der Waals surface area (Å²) in [6, 6.07) is 0.294. The van der Waals surface area contributed by atoms with Gasteiger partial charge in [0.05, 0.1) is 4.47 Å². The Hall–Kier alpha value is -0.680. The molecule has 1 aliphatic heterocycles. The number of anilines is 1. The Bertz CT molecular complexity index is 322. The van der Waals surface area contributed by atoms with Gasteiger partial charge in [-0.1, -0.05) is 0 Å². The maximum atomic E-state index is 5.69. The van der Waals surface area contributed by atoms with Crippen LogP contribution in [0.15, 0.2) is 10.7 Å². The highest BCUT2D eigenvalue weighted by molar-refractivity contribution is 9.10. The highest BCUT2D eigenvalue weighted by atomic mass is 79.9. The number of rotatable bonds is 1. The van der Waals surface area contributed by atoms with Gasteiger partial charge in [0.1, 0.15) is 11.6 Å². The van der Waals surface area contributed by atoms with Crippen LogP contribution in [0.3, 0.4) is 0 Å². The molecule has 1 saturated heterocycles. The summed E-state index contributed by atoms with van der Waals surface area (Å²) in [6.45, 7) is 3.65.